The van der Waals surface area contributed by atoms with Crippen molar-refractivity contribution in [3.63, 3.8) is 0 Å². The minimum absolute atomic E-state index is 0.0947. The van der Waals surface area contributed by atoms with Crippen molar-refractivity contribution in [3.05, 3.63) is 34.9 Å². The highest BCUT2D eigenvalue weighted by molar-refractivity contribution is 5.36. The normalized spacial score (nSPS) is 28.9. The molecule has 1 saturated carbocycles. The van der Waals surface area contributed by atoms with Crippen molar-refractivity contribution in [3.8, 4) is 0 Å². The standard InChI is InChI=1S/C22H35NO2/c1-2-3-4-5-6-7-21-13-18-9-8-17(12-20(18)15-25-21)19-10-11-22(23,14-19)16-24/h8-9,12,19,21,24H,2-7,10-11,13-16,23H2,1H3/t19-,21?,22+/m0/s1. The summed E-state index contributed by atoms with van der Waals surface area (Å²) < 4.78 is 6.13. The third kappa shape index (κ3) is 4.84. The number of fused-ring (bicyclic) bond motifs is 1. The molecule has 25 heavy (non-hydrogen) atoms. The van der Waals surface area contributed by atoms with Crippen molar-refractivity contribution in [2.24, 2.45) is 5.73 Å². The molecule has 0 radical (unpaired) electrons. The summed E-state index contributed by atoms with van der Waals surface area (Å²) in [6, 6.07) is 6.93. The number of benzene rings is 1. The van der Waals surface area contributed by atoms with Gasteiger partial charge in [-0.05, 0) is 54.7 Å². The summed E-state index contributed by atoms with van der Waals surface area (Å²) in [6.45, 7) is 3.11. The van der Waals surface area contributed by atoms with Crippen molar-refractivity contribution >= 4 is 0 Å². The fourth-order valence-electron chi connectivity index (χ4n) is 4.49. The molecule has 140 valence electrons. The van der Waals surface area contributed by atoms with Gasteiger partial charge >= 0.3 is 0 Å². The number of unbranched alkanes of at least 4 members (excludes halogenated alkanes) is 4. The highest BCUT2D eigenvalue weighted by atomic mass is 16.5. The Hall–Kier alpha value is -0.900. The minimum Gasteiger partial charge on any atom is -0.394 e. The van der Waals surface area contributed by atoms with Crippen molar-refractivity contribution in [1.29, 1.82) is 0 Å². The van der Waals surface area contributed by atoms with Crippen LogP contribution in [0.25, 0.3) is 0 Å². The molecule has 1 aliphatic carbocycles. The van der Waals surface area contributed by atoms with Crippen LogP contribution in [0.15, 0.2) is 18.2 Å². The topological polar surface area (TPSA) is 55.5 Å². The van der Waals surface area contributed by atoms with Crippen LogP contribution in [0.2, 0.25) is 0 Å². The van der Waals surface area contributed by atoms with E-state index in [4.69, 9.17) is 10.5 Å². The van der Waals surface area contributed by atoms with E-state index in [0.717, 1.165) is 32.3 Å². The van der Waals surface area contributed by atoms with Crippen molar-refractivity contribution in [2.75, 3.05) is 6.61 Å². The molecule has 3 heteroatoms. The van der Waals surface area contributed by atoms with Crippen LogP contribution >= 0.6 is 0 Å². The van der Waals surface area contributed by atoms with E-state index in [9.17, 15) is 5.11 Å². The van der Waals surface area contributed by atoms with E-state index in [1.54, 1.807) is 0 Å². The summed E-state index contributed by atoms with van der Waals surface area (Å²) in [5.41, 5.74) is 10.1. The smallest absolute Gasteiger partial charge is 0.0723 e. The predicted molar refractivity (Wildman–Crippen MR) is 103 cm³/mol. The Morgan fingerprint density at radius 3 is 2.80 bits per heavy atom. The van der Waals surface area contributed by atoms with Crippen LogP contribution in [-0.4, -0.2) is 23.4 Å². The number of nitrogens with two attached hydrogens (primary N) is 1. The van der Waals surface area contributed by atoms with Gasteiger partial charge in [-0.3, -0.25) is 0 Å². The van der Waals surface area contributed by atoms with Crippen LogP contribution < -0.4 is 5.73 Å². The molecule has 1 aliphatic heterocycles. The summed E-state index contributed by atoms with van der Waals surface area (Å²) in [4.78, 5) is 0. The molecule has 1 unspecified atom stereocenters. The monoisotopic (exact) mass is 345 g/mol. The molecule has 3 rings (SSSR count). The number of ether oxygens (including phenoxy) is 1. The molecule has 3 N–H and O–H groups in total. The zero-order chi connectivity index (χ0) is 17.7. The number of hydrogen-bond donors (Lipinski definition) is 2. The van der Waals surface area contributed by atoms with E-state index in [1.807, 2.05) is 0 Å². The summed E-state index contributed by atoms with van der Waals surface area (Å²) in [5.74, 6) is 0.485. The van der Waals surface area contributed by atoms with E-state index in [1.165, 1.54) is 55.2 Å². The molecule has 3 nitrogen and oxygen atoms in total. The summed E-state index contributed by atoms with van der Waals surface area (Å²) in [5, 5.41) is 9.48. The molecule has 2 aliphatic rings. The fraction of sp³-hybridized carbons (Fsp3) is 0.727. The number of aliphatic hydroxyl groups is 1. The van der Waals surface area contributed by atoms with Crippen LogP contribution in [0.4, 0.5) is 0 Å². The summed E-state index contributed by atoms with van der Waals surface area (Å²) in [6.07, 6.45) is 12.2. The third-order valence-corrected chi connectivity index (χ3v) is 6.21. The molecular weight excluding hydrogens is 310 g/mol. The average molecular weight is 346 g/mol. The Balaban J connectivity index is 1.53. The Kier molecular flexibility index (Phi) is 6.54. The van der Waals surface area contributed by atoms with Crippen LogP contribution in [-0.2, 0) is 17.8 Å². The van der Waals surface area contributed by atoms with E-state index >= 15 is 0 Å². The lowest BCUT2D eigenvalue weighted by molar-refractivity contribution is 0.0216. The molecule has 1 fully saturated rings. The van der Waals surface area contributed by atoms with E-state index < -0.39 is 0 Å². The molecular formula is C22H35NO2. The van der Waals surface area contributed by atoms with Gasteiger partial charge in [0.05, 0.1) is 19.3 Å². The summed E-state index contributed by atoms with van der Waals surface area (Å²) >= 11 is 0. The second-order valence-electron chi connectivity index (χ2n) is 8.33. The van der Waals surface area contributed by atoms with Gasteiger partial charge in [0.15, 0.2) is 0 Å². The Bertz CT molecular complexity index is 559. The average Bonchev–Trinajstić information content (AvgIpc) is 3.04. The minimum atomic E-state index is -0.375. The fourth-order valence-corrected chi connectivity index (χ4v) is 4.49. The molecule has 3 atom stereocenters. The highest BCUT2D eigenvalue weighted by Gasteiger charge is 2.36. The molecule has 0 amide bonds. The van der Waals surface area contributed by atoms with E-state index in [2.05, 4.69) is 25.1 Å². The van der Waals surface area contributed by atoms with Crippen LogP contribution in [0.5, 0.6) is 0 Å². The maximum absolute atomic E-state index is 9.48. The molecule has 0 aromatic heterocycles. The van der Waals surface area contributed by atoms with Gasteiger partial charge in [-0.2, -0.15) is 0 Å². The first-order chi connectivity index (χ1) is 12.1. The quantitative estimate of drug-likeness (QED) is 0.685. The number of hydrogen-bond acceptors (Lipinski definition) is 3. The highest BCUT2D eigenvalue weighted by Crippen LogP contribution is 2.40. The van der Waals surface area contributed by atoms with Gasteiger partial charge in [-0.25, -0.2) is 0 Å². The van der Waals surface area contributed by atoms with Gasteiger partial charge in [0, 0.05) is 5.54 Å². The lowest BCUT2D eigenvalue weighted by atomic mass is 9.89. The maximum atomic E-state index is 9.48. The molecule has 1 aromatic rings. The Labute approximate surface area is 153 Å². The van der Waals surface area contributed by atoms with Gasteiger partial charge in [0.2, 0.25) is 0 Å². The molecule has 1 aromatic carbocycles. The summed E-state index contributed by atoms with van der Waals surface area (Å²) in [7, 11) is 0. The van der Waals surface area contributed by atoms with Crippen LogP contribution in [0, 0.1) is 0 Å². The largest absolute Gasteiger partial charge is 0.394 e. The number of aliphatic hydroxyl groups excluding tert-OH is 1. The van der Waals surface area contributed by atoms with E-state index in [-0.39, 0.29) is 12.1 Å². The lowest BCUT2D eigenvalue weighted by Gasteiger charge is -2.27. The van der Waals surface area contributed by atoms with Crippen LogP contribution in [0.3, 0.4) is 0 Å². The van der Waals surface area contributed by atoms with Gasteiger partial charge in [0.1, 0.15) is 0 Å². The van der Waals surface area contributed by atoms with Gasteiger partial charge < -0.3 is 15.6 Å². The zero-order valence-electron chi connectivity index (χ0n) is 15.8. The molecule has 0 spiro atoms. The third-order valence-electron chi connectivity index (χ3n) is 6.21. The zero-order valence-corrected chi connectivity index (χ0v) is 15.8. The molecule has 0 saturated heterocycles. The first kappa shape index (κ1) is 18.9. The second-order valence-corrected chi connectivity index (χ2v) is 8.33. The second kappa shape index (κ2) is 8.66. The van der Waals surface area contributed by atoms with Crippen molar-refractivity contribution in [1.82, 2.24) is 0 Å². The maximum Gasteiger partial charge on any atom is 0.0723 e. The van der Waals surface area contributed by atoms with Gasteiger partial charge in [0.25, 0.3) is 0 Å². The van der Waals surface area contributed by atoms with Crippen LogP contribution in [0.1, 0.15) is 87.3 Å². The van der Waals surface area contributed by atoms with Gasteiger partial charge in [-0.15, -0.1) is 0 Å². The lowest BCUT2D eigenvalue weighted by Crippen LogP contribution is -2.40. The first-order valence-electron chi connectivity index (χ1n) is 10.3. The SMILES string of the molecule is CCCCCCCC1Cc2ccc([C@H]3CC[C@](N)(CO)C3)cc2CO1. The number of rotatable bonds is 8. The Morgan fingerprint density at radius 1 is 1.20 bits per heavy atom. The van der Waals surface area contributed by atoms with Crippen molar-refractivity contribution in [2.45, 2.75) is 95.3 Å². The van der Waals surface area contributed by atoms with E-state index in [0.29, 0.717) is 12.0 Å². The van der Waals surface area contributed by atoms with Crippen molar-refractivity contribution < 1.29 is 9.84 Å². The molecule has 1 heterocycles. The molecule has 0 bridgehead atoms. The first-order valence-corrected chi connectivity index (χ1v) is 10.3. The Morgan fingerprint density at radius 2 is 2.04 bits per heavy atom. The predicted octanol–water partition coefficient (Wildman–Crippen LogP) is 4.45. The van der Waals surface area contributed by atoms with Gasteiger partial charge in [-0.1, -0.05) is 57.2 Å².